The molecule has 0 fully saturated rings. The number of aromatic nitrogens is 2. The highest BCUT2D eigenvalue weighted by molar-refractivity contribution is 7.89. The van der Waals surface area contributed by atoms with Gasteiger partial charge in [0.2, 0.25) is 10.0 Å². The maximum Gasteiger partial charge on any atom is 0.238 e. The van der Waals surface area contributed by atoms with Crippen molar-refractivity contribution in [1.82, 2.24) is 9.97 Å². The fraction of sp³-hybridized carbons (Fsp3) is 0. The molecule has 4 aromatic rings. The maximum atomic E-state index is 13.3. The first-order valence-corrected chi connectivity index (χ1v) is 10.1. The molecule has 0 radical (unpaired) electrons. The highest BCUT2D eigenvalue weighted by Crippen LogP contribution is 2.29. The van der Waals surface area contributed by atoms with Crippen molar-refractivity contribution in [3.63, 3.8) is 0 Å². The van der Waals surface area contributed by atoms with E-state index in [9.17, 15) is 17.2 Å². The van der Waals surface area contributed by atoms with E-state index in [4.69, 9.17) is 5.14 Å². The monoisotopic (exact) mass is 411 g/mol. The Morgan fingerprint density at radius 3 is 2.38 bits per heavy atom. The normalized spacial score (nSPS) is 12.1. The minimum absolute atomic E-state index is 0.0307. The van der Waals surface area contributed by atoms with Crippen LogP contribution in [0.25, 0.3) is 34.3 Å². The second-order valence-corrected chi connectivity index (χ2v) is 7.96. The SMILES string of the molecule is NS(=O)(=O)c1ccccc1-c1ccc2[nH]c(/C=C/c3cc(F)cc(F)c3)nc2c1. The van der Waals surface area contributed by atoms with Gasteiger partial charge in [-0.3, -0.25) is 0 Å². The number of hydrogen-bond acceptors (Lipinski definition) is 3. The highest BCUT2D eigenvalue weighted by atomic mass is 32.2. The number of hydrogen-bond donors (Lipinski definition) is 2. The van der Waals surface area contributed by atoms with Crippen molar-refractivity contribution in [2.45, 2.75) is 4.90 Å². The van der Waals surface area contributed by atoms with Gasteiger partial charge in [-0.15, -0.1) is 0 Å². The summed E-state index contributed by atoms with van der Waals surface area (Å²) in [6, 6.07) is 15.0. The van der Waals surface area contributed by atoms with Gasteiger partial charge in [-0.2, -0.15) is 0 Å². The number of benzene rings is 3. The summed E-state index contributed by atoms with van der Waals surface area (Å²) < 4.78 is 50.3. The van der Waals surface area contributed by atoms with Gasteiger partial charge in [-0.25, -0.2) is 27.3 Å². The molecular formula is C21H15F2N3O2S. The van der Waals surface area contributed by atoms with Gasteiger partial charge >= 0.3 is 0 Å². The molecule has 0 saturated carbocycles. The second kappa shape index (κ2) is 7.23. The van der Waals surface area contributed by atoms with Gasteiger partial charge in [0.05, 0.1) is 15.9 Å². The number of nitrogens with two attached hydrogens (primary N) is 1. The molecule has 0 aliphatic rings. The van der Waals surface area contributed by atoms with E-state index in [2.05, 4.69) is 9.97 Å². The first-order chi connectivity index (χ1) is 13.8. The van der Waals surface area contributed by atoms with Crippen molar-refractivity contribution in [1.29, 1.82) is 0 Å². The largest absolute Gasteiger partial charge is 0.338 e. The maximum absolute atomic E-state index is 13.3. The molecule has 1 heterocycles. The number of rotatable bonds is 4. The number of halogens is 2. The van der Waals surface area contributed by atoms with Gasteiger partial charge in [-0.05, 0) is 47.5 Å². The smallest absolute Gasteiger partial charge is 0.238 e. The van der Waals surface area contributed by atoms with Crippen LogP contribution in [0.1, 0.15) is 11.4 Å². The lowest BCUT2D eigenvalue weighted by Gasteiger charge is -2.07. The highest BCUT2D eigenvalue weighted by Gasteiger charge is 2.15. The molecule has 146 valence electrons. The molecule has 3 aromatic carbocycles. The van der Waals surface area contributed by atoms with Gasteiger partial charge < -0.3 is 4.98 Å². The van der Waals surface area contributed by atoms with E-state index < -0.39 is 21.7 Å². The number of nitrogens with one attached hydrogen (secondary N) is 1. The van der Waals surface area contributed by atoms with Gasteiger partial charge in [0.25, 0.3) is 0 Å². The lowest BCUT2D eigenvalue weighted by molar-refractivity contribution is 0.582. The molecule has 0 unspecified atom stereocenters. The Morgan fingerprint density at radius 2 is 1.66 bits per heavy atom. The van der Waals surface area contributed by atoms with Crippen LogP contribution in [-0.2, 0) is 10.0 Å². The van der Waals surface area contributed by atoms with Crippen LogP contribution in [0.2, 0.25) is 0 Å². The van der Waals surface area contributed by atoms with Crippen LogP contribution in [-0.4, -0.2) is 18.4 Å². The zero-order valence-corrected chi connectivity index (χ0v) is 15.7. The molecule has 4 rings (SSSR count). The quantitative estimate of drug-likeness (QED) is 0.524. The van der Waals surface area contributed by atoms with E-state index in [1.165, 1.54) is 18.2 Å². The van der Waals surface area contributed by atoms with Gasteiger partial charge in [0.15, 0.2) is 0 Å². The second-order valence-electron chi connectivity index (χ2n) is 6.43. The number of H-pyrrole nitrogens is 1. The Balaban J connectivity index is 1.71. The summed E-state index contributed by atoms with van der Waals surface area (Å²) >= 11 is 0. The van der Waals surface area contributed by atoms with Crippen molar-refractivity contribution in [2.24, 2.45) is 5.14 Å². The van der Waals surface area contributed by atoms with E-state index in [0.29, 0.717) is 28.0 Å². The molecule has 0 bridgehead atoms. The van der Waals surface area contributed by atoms with Crippen LogP contribution in [0.5, 0.6) is 0 Å². The summed E-state index contributed by atoms with van der Waals surface area (Å²) in [5, 5.41) is 5.32. The molecule has 29 heavy (non-hydrogen) atoms. The van der Waals surface area contributed by atoms with Crippen molar-refractivity contribution >= 4 is 33.2 Å². The zero-order chi connectivity index (χ0) is 20.6. The fourth-order valence-electron chi connectivity index (χ4n) is 3.07. The number of nitrogens with zero attached hydrogens (tertiary/aromatic N) is 1. The van der Waals surface area contributed by atoms with Crippen molar-refractivity contribution < 1.29 is 17.2 Å². The molecule has 5 nitrogen and oxygen atoms in total. The number of aromatic amines is 1. The number of imidazole rings is 1. The lowest BCUT2D eigenvalue weighted by Crippen LogP contribution is -2.13. The summed E-state index contributed by atoms with van der Waals surface area (Å²) in [5.74, 6) is -0.832. The number of fused-ring (bicyclic) bond motifs is 1. The van der Waals surface area contributed by atoms with E-state index in [0.717, 1.165) is 11.6 Å². The zero-order valence-electron chi connectivity index (χ0n) is 14.9. The van der Waals surface area contributed by atoms with Crippen molar-refractivity contribution in [3.8, 4) is 11.1 Å². The summed E-state index contributed by atoms with van der Waals surface area (Å²) in [5.41, 5.74) is 2.83. The first-order valence-electron chi connectivity index (χ1n) is 8.56. The molecule has 0 atom stereocenters. The fourth-order valence-corrected chi connectivity index (χ4v) is 3.83. The van der Waals surface area contributed by atoms with E-state index in [1.54, 1.807) is 48.6 Å². The third kappa shape index (κ3) is 4.08. The van der Waals surface area contributed by atoms with Crippen molar-refractivity contribution in [3.05, 3.63) is 83.7 Å². The Hall–Kier alpha value is -3.36. The van der Waals surface area contributed by atoms with E-state index in [1.807, 2.05) is 0 Å². The predicted molar refractivity (Wildman–Crippen MR) is 108 cm³/mol. The van der Waals surface area contributed by atoms with Crippen LogP contribution in [0.3, 0.4) is 0 Å². The average Bonchev–Trinajstić information content (AvgIpc) is 3.07. The number of primary sulfonamides is 1. The minimum Gasteiger partial charge on any atom is -0.338 e. The number of sulfonamides is 1. The van der Waals surface area contributed by atoms with Gasteiger partial charge in [0, 0.05) is 11.6 Å². The van der Waals surface area contributed by atoms with E-state index in [-0.39, 0.29) is 4.90 Å². The van der Waals surface area contributed by atoms with Crippen LogP contribution in [0, 0.1) is 11.6 Å². The molecule has 8 heteroatoms. The van der Waals surface area contributed by atoms with Gasteiger partial charge in [-0.1, -0.05) is 30.3 Å². The molecular weight excluding hydrogens is 396 g/mol. The summed E-state index contributed by atoms with van der Waals surface area (Å²) in [6.07, 6.45) is 3.15. The van der Waals surface area contributed by atoms with E-state index >= 15 is 0 Å². The average molecular weight is 411 g/mol. The van der Waals surface area contributed by atoms with Crippen LogP contribution >= 0.6 is 0 Å². The Morgan fingerprint density at radius 1 is 0.931 bits per heavy atom. The predicted octanol–water partition coefficient (Wildman–Crippen LogP) is 4.33. The summed E-state index contributed by atoms with van der Waals surface area (Å²) in [4.78, 5) is 7.56. The molecule has 0 aliphatic heterocycles. The molecule has 3 N–H and O–H groups in total. The molecule has 0 amide bonds. The van der Waals surface area contributed by atoms with Gasteiger partial charge in [0.1, 0.15) is 17.5 Å². The molecule has 0 spiro atoms. The third-order valence-electron chi connectivity index (χ3n) is 4.32. The Bertz CT molecular complexity index is 1340. The first kappa shape index (κ1) is 19.0. The third-order valence-corrected chi connectivity index (χ3v) is 5.29. The Labute approximate surface area is 165 Å². The van der Waals surface area contributed by atoms with Crippen molar-refractivity contribution in [2.75, 3.05) is 0 Å². The minimum atomic E-state index is -3.88. The van der Waals surface area contributed by atoms with Crippen LogP contribution in [0.4, 0.5) is 8.78 Å². The summed E-state index contributed by atoms with van der Waals surface area (Å²) in [6.45, 7) is 0. The lowest BCUT2D eigenvalue weighted by atomic mass is 10.1. The molecule has 0 aliphatic carbocycles. The standard InChI is InChI=1S/C21H15F2N3O2S/c22-15-9-13(10-16(23)12-15)5-8-21-25-18-7-6-14(11-19(18)26-21)17-3-1-2-4-20(17)29(24,27)28/h1-12H,(H,25,26)(H2,24,27,28)/b8-5+. The topological polar surface area (TPSA) is 88.8 Å². The summed E-state index contributed by atoms with van der Waals surface area (Å²) in [7, 11) is -3.88. The molecule has 0 saturated heterocycles. The van der Waals surface area contributed by atoms with Crippen LogP contribution < -0.4 is 5.14 Å². The molecule has 1 aromatic heterocycles. The van der Waals surface area contributed by atoms with Crippen LogP contribution in [0.15, 0.2) is 65.6 Å². The Kier molecular flexibility index (Phi) is 4.73.